The van der Waals surface area contributed by atoms with E-state index in [0.717, 1.165) is 23.5 Å². The molecule has 0 amide bonds. The number of nitrogens with zero attached hydrogens (tertiary/aromatic N) is 2. The highest BCUT2D eigenvalue weighted by atomic mass is 32.1. The summed E-state index contributed by atoms with van der Waals surface area (Å²) in [4.78, 5) is 12.9. The van der Waals surface area contributed by atoms with Crippen molar-refractivity contribution >= 4 is 17.3 Å². The maximum atomic E-state index is 12.3. The molecule has 2 aromatic rings. The van der Waals surface area contributed by atoms with Crippen molar-refractivity contribution in [1.82, 2.24) is 9.59 Å². The van der Waals surface area contributed by atoms with Gasteiger partial charge in [-0.05, 0) is 42.4 Å². The first-order chi connectivity index (χ1) is 8.58. The molecule has 0 radical (unpaired) electrons. The summed E-state index contributed by atoms with van der Waals surface area (Å²) < 4.78 is 3.81. The molecule has 0 spiro atoms. The van der Waals surface area contributed by atoms with Gasteiger partial charge in [0, 0.05) is 5.56 Å². The molecule has 3 nitrogen and oxygen atoms in total. The van der Waals surface area contributed by atoms with Gasteiger partial charge in [0.1, 0.15) is 4.88 Å². The SMILES string of the molecule is Cc1nnsc1C(=O)c1cccc(CC(C)C)c1. The summed E-state index contributed by atoms with van der Waals surface area (Å²) in [5.74, 6) is 0.607. The van der Waals surface area contributed by atoms with Crippen LogP contribution in [0.25, 0.3) is 0 Å². The van der Waals surface area contributed by atoms with Crippen molar-refractivity contribution in [3.8, 4) is 0 Å². The van der Waals surface area contributed by atoms with E-state index in [0.29, 0.717) is 16.5 Å². The number of carbonyl (C=O) groups is 1. The van der Waals surface area contributed by atoms with Crippen molar-refractivity contribution < 1.29 is 4.79 Å². The molecule has 0 atom stereocenters. The maximum Gasteiger partial charge on any atom is 0.206 e. The van der Waals surface area contributed by atoms with E-state index < -0.39 is 0 Å². The van der Waals surface area contributed by atoms with Gasteiger partial charge >= 0.3 is 0 Å². The quantitative estimate of drug-likeness (QED) is 0.792. The molecule has 0 fully saturated rings. The van der Waals surface area contributed by atoms with Crippen molar-refractivity contribution in [3.63, 3.8) is 0 Å². The lowest BCUT2D eigenvalue weighted by Gasteiger charge is -2.06. The Kier molecular flexibility index (Phi) is 3.87. The molecule has 0 aliphatic rings. The highest BCUT2D eigenvalue weighted by Gasteiger charge is 2.15. The molecule has 0 aliphatic carbocycles. The Morgan fingerprint density at radius 1 is 1.39 bits per heavy atom. The first-order valence-corrected chi connectivity index (χ1v) is 6.78. The monoisotopic (exact) mass is 260 g/mol. The lowest BCUT2D eigenvalue weighted by atomic mass is 9.99. The second-order valence-electron chi connectivity index (χ2n) is 4.81. The molecule has 2 rings (SSSR count). The van der Waals surface area contributed by atoms with Gasteiger partial charge in [-0.1, -0.05) is 36.5 Å². The molecule has 0 unspecified atom stereocenters. The predicted molar refractivity (Wildman–Crippen MR) is 73.1 cm³/mol. The van der Waals surface area contributed by atoms with Crippen LogP contribution < -0.4 is 0 Å². The Morgan fingerprint density at radius 3 is 2.78 bits per heavy atom. The van der Waals surface area contributed by atoms with Crippen molar-refractivity contribution in [1.29, 1.82) is 0 Å². The molecule has 0 N–H and O–H groups in total. The van der Waals surface area contributed by atoms with Gasteiger partial charge in [-0.15, -0.1) is 5.10 Å². The lowest BCUT2D eigenvalue weighted by molar-refractivity contribution is 0.104. The largest absolute Gasteiger partial charge is 0.288 e. The molecule has 94 valence electrons. The zero-order chi connectivity index (χ0) is 13.1. The third-order valence-electron chi connectivity index (χ3n) is 2.69. The van der Waals surface area contributed by atoms with Crippen LogP contribution in [-0.4, -0.2) is 15.4 Å². The lowest BCUT2D eigenvalue weighted by Crippen LogP contribution is -2.02. The zero-order valence-corrected chi connectivity index (χ0v) is 11.6. The van der Waals surface area contributed by atoms with E-state index in [1.54, 1.807) is 0 Å². The minimum absolute atomic E-state index is 0.0214. The predicted octanol–water partition coefficient (Wildman–Crippen LogP) is 3.28. The van der Waals surface area contributed by atoms with Gasteiger partial charge in [0.05, 0.1) is 5.69 Å². The van der Waals surface area contributed by atoms with Crippen molar-refractivity contribution in [2.24, 2.45) is 5.92 Å². The van der Waals surface area contributed by atoms with E-state index in [1.807, 2.05) is 25.1 Å². The van der Waals surface area contributed by atoms with E-state index >= 15 is 0 Å². The molecule has 1 heterocycles. The summed E-state index contributed by atoms with van der Waals surface area (Å²) >= 11 is 1.16. The number of hydrogen-bond donors (Lipinski definition) is 0. The van der Waals surface area contributed by atoms with Crippen LogP contribution in [-0.2, 0) is 6.42 Å². The van der Waals surface area contributed by atoms with Gasteiger partial charge in [-0.25, -0.2) is 0 Å². The Hall–Kier alpha value is -1.55. The second kappa shape index (κ2) is 5.40. The summed E-state index contributed by atoms with van der Waals surface area (Å²) in [7, 11) is 0. The van der Waals surface area contributed by atoms with Crippen LogP contribution in [0.5, 0.6) is 0 Å². The topological polar surface area (TPSA) is 42.9 Å². The van der Waals surface area contributed by atoms with Gasteiger partial charge in [-0.2, -0.15) is 0 Å². The zero-order valence-electron chi connectivity index (χ0n) is 10.8. The summed E-state index contributed by atoms with van der Waals surface area (Å²) in [6.07, 6.45) is 0.987. The van der Waals surface area contributed by atoms with Gasteiger partial charge in [-0.3, -0.25) is 4.79 Å². The molecule has 4 heteroatoms. The number of ketones is 1. The molecule has 1 aromatic heterocycles. The minimum Gasteiger partial charge on any atom is -0.288 e. The standard InChI is InChI=1S/C14H16N2OS/c1-9(2)7-11-5-4-6-12(8-11)13(17)14-10(3)15-16-18-14/h4-6,8-9H,7H2,1-3H3. The minimum atomic E-state index is 0.0214. The van der Waals surface area contributed by atoms with E-state index in [9.17, 15) is 4.79 Å². The first kappa shape index (κ1) is 12.9. The maximum absolute atomic E-state index is 12.3. The molecule has 0 saturated carbocycles. The van der Waals surface area contributed by atoms with E-state index in [-0.39, 0.29) is 5.78 Å². The summed E-state index contributed by atoms with van der Waals surface area (Å²) in [5, 5.41) is 3.88. The van der Waals surface area contributed by atoms with Gasteiger partial charge < -0.3 is 0 Å². The Morgan fingerprint density at radius 2 is 2.17 bits per heavy atom. The van der Waals surface area contributed by atoms with Gasteiger partial charge in [0.2, 0.25) is 5.78 Å². The fraction of sp³-hybridized carbons (Fsp3) is 0.357. The highest BCUT2D eigenvalue weighted by Crippen LogP contribution is 2.18. The molecular formula is C14H16N2OS. The van der Waals surface area contributed by atoms with Crippen LogP contribution in [0.15, 0.2) is 24.3 Å². The third-order valence-corrected chi connectivity index (χ3v) is 3.52. The molecule has 0 aliphatic heterocycles. The number of benzene rings is 1. The van der Waals surface area contributed by atoms with Crippen LogP contribution in [0.2, 0.25) is 0 Å². The number of aromatic nitrogens is 2. The number of rotatable bonds is 4. The second-order valence-corrected chi connectivity index (χ2v) is 5.57. The molecule has 0 bridgehead atoms. The smallest absolute Gasteiger partial charge is 0.206 e. The van der Waals surface area contributed by atoms with Crippen LogP contribution >= 0.6 is 11.5 Å². The fourth-order valence-electron chi connectivity index (χ4n) is 1.88. The summed E-state index contributed by atoms with van der Waals surface area (Å²) in [5.41, 5.74) is 2.63. The number of carbonyl (C=O) groups excluding carboxylic acids is 1. The normalized spacial score (nSPS) is 10.9. The van der Waals surface area contributed by atoms with E-state index in [4.69, 9.17) is 0 Å². The Balaban J connectivity index is 2.29. The van der Waals surface area contributed by atoms with E-state index in [1.165, 1.54) is 5.56 Å². The fourth-order valence-corrected chi connectivity index (χ4v) is 2.50. The molecule has 1 aromatic carbocycles. The third kappa shape index (κ3) is 2.82. The average Bonchev–Trinajstić information content (AvgIpc) is 2.74. The molecule has 18 heavy (non-hydrogen) atoms. The van der Waals surface area contributed by atoms with Crippen LogP contribution in [0.3, 0.4) is 0 Å². The van der Waals surface area contributed by atoms with Crippen molar-refractivity contribution in [2.75, 3.05) is 0 Å². The Labute approximate surface area is 111 Å². The number of hydrogen-bond acceptors (Lipinski definition) is 4. The van der Waals surface area contributed by atoms with Gasteiger partial charge in [0.25, 0.3) is 0 Å². The summed E-state index contributed by atoms with van der Waals surface area (Å²) in [6, 6.07) is 7.83. The molecular weight excluding hydrogens is 244 g/mol. The van der Waals surface area contributed by atoms with Crippen LogP contribution in [0.4, 0.5) is 0 Å². The van der Waals surface area contributed by atoms with Crippen molar-refractivity contribution in [2.45, 2.75) is 27.2 Å². The van der Waals surface area contributed by atoms with Crippen LogP contribution in [0, 0.1) is 12.8 Å². The average molecular weight is 260 g/mol. The van der Waals surface area contributed by atoms with E-state index in [2.05, 4.69) is 29.5 Å². The van der Waals surface area contributed by atoms with Gasteiger partial charge in [0.15, 0.2) is 0 Å². The van der Waals surface area contributed by atoms with Crippen LogP contribution in [0.1, 0.15) is 40.3 Å². The highest BCUT2D eigenvalue weighted by molar-refractivity contribution is 7.08. The Bertz CT molecular complexity index is 560. The summed E-state index contributed by atoms with van der Waals surface area (Å²) in [6.45, 7) is 6.16. The van der Waals surface area contributed by atoms with Crippen molar-refractivity contribution in [3.05, 3.63) is 46.0 Å². The molecule has 0 saturated heterocycles. The number of aryl methyl sites for hydroxylation is 1. The first-order valence-electron chi connectivity index (χ1n) is 6.00.